The summed E-state index contributed by atoms with van der Waals surface area (Å²) in [5.74, 6) is 1.75. The smallest absolute Gasteiger partial charge is 0.258 e. The first kappa shape index (κ1) is 19.0. The SMILES string of the molecule is O=C(Nc1cc(NC2CCCCC2CO)nc2c(C3CC3)cnn12)c1cccnc1. The molecule has 2 fully saturated rings. The Bertz CT molecular complexity index is 1050. The third kappa shape index (κ3) is 3.75. The van der Waals surface area contributed by atoms with Gasteiger partial charge in [-0.3, -0.25) is 9.78 Å². The second kappa shape index (κ2) is 8.02. The van der Waals surface area contributed by atoms with Crippen molar-refractivity contribution in [1.82, 2.24) is 19.6 Å². The van der Waals surface area contributed by atoms with Crippen LogP contribution in [0.15, 0.2) is 36.8 Å². The van der Waals surface area contributed by atoms with Crippen molar-refractivity contribution in [3.8, 4) is 0 Å². The van der Waals surface area contributed by atoms with E-state index in [1.54, 1.807) is 29.0 Å². The van der Waals surface area contributed by atoms with Crippen LogP contribution in [0, 0.1) is 5.92 Å². The largest absolute Gasteiger partial charge is 0.396 e. The van der Waals surface area contributed by atoms with E-state index in [0.717, 1.165) is 49.7 Å². The van der Waals surface area contributed by atoms with E-state index in [9.17, 15) is 9.90 Å². The topological polar surface area (TPSA) is 104 Å². The van der Waals surface area contributed by atoms with E-state index in [1.807, 2.05) is 12.3 Å². The molecule has 8 nitrogen and oxygen atoms in total. The molecule has 30 heavy (non-hydrogen) atoms. The lowest BCUT2D eigenvalue weighted by atomic mass is 9.85. The van der Waals surface area contributed by atoms with Gasteiger partial charge in [0.05, 0.1) is 11.8 Å². The number of carbonyl (C=O) groups is 1. The molecule has 3 heterocycles. The molecule has 0 radical (unpaired) electrons. The second-order valence-corrected chi connectivity index (χ2v) is 8.31. The van der Waals surface area contributed by atoms with Crippen molar-refractivity contribution in [2.45, 2.75) is 50.5 Å². The highest BCUT2D eigenvalue weighted by molar-refractivity contribution is 6.03. The highest BCUT2D eigenvalue weighted by Crippen LogP contribution is 2.42. The van der Waals surface area contributed by atoms with Gasteiger partial charge in [-0.05, 0) is 43.7 Å². The van der Waals surface area contributed by atoms with Gasteiger partial charge in [-0.1, -0.05) is 12.8 Å². The summed E-state index contributed by atoms with van der Waals surface area (Å²) >= 11 is 0. The van der Waals surface area contributed by atoms with Gasteiger partial charge in [-0.15, -0.1) is 0 Å². The highest BCUT2D eigenvalue weighted by Gasteiger charge is 2.29. The quantitative estimate of drug-likeness (QED) is 0.581. The van der Waals surface area contributed by atoms with Crippen molar-refractivity contribution < 1.29 is 9.90 Å². The van der Waals surface area contributed by atoms with Gasteiger partial charge in [0, 0.05) is 42.6 Å². The van der Waals surface area contributed by atoms with Crippen LogP contribution in [0.2, 0.25) is 0 Å². The number of aliphatic hydroxyl groups is 1. The number of nitrogens with one attached hydrogen (secondary N) is 2. The Kier molecular flexibility index (Phi) is 5.08. The van der Waals surface area contributed by atoms with Crippen molar-refractivity contribution in [3.05, 3.63) is 47.9 Å². The van der Waals surface area contributed by atoms with E-state index >= 15 is 0 Å². The van der Waals surface area contributed by atoms with Crippen LogP contribution in [0.25, 0.3) is 5.65 Å². The lowest BCUT2D eigenvalue weighted by Crippen LogP contribution is -2.34. The van der Waals surface area contributed by atoms with Crippen LogP contribution in [0.3, 0.4) is 0 Å². The fourth-order valence-electron chi connectivity index (χ4n) is 4.32. The van der Waals surface area contributed by atoms with Gasteiger partial charge in [-0.2, -0.15) is 9.61 Å². The number of hydrogen-bond acceptors (Lipinski definition) is 6. The minimum absolute atomic E-state index is 0.171. The predicted octanol–water partition coefficient (Wildman–Crippen LogP) is 3.22. The summed E-state index contributed by atoms with van der Waals surface area (Å²) in [6, 6.07) is 5.47. The van der Waals surface area contributed by atoms with Crippen LogP contribution in [-0.4, -0.2) is 43.2 Å². The van der Waals surface area contributed by atoms with E-state index < -0.39 is 0 Å². The number of anilines is 2. The molecule has 0 aromatic carbocycles. The molecule has 0 saturated heterocycles. The molecular weight excluding hydrogens is 380 g/mol. The van der Waals surface area contributed by atoms with Crippen molar-refractivity contribution >= 4 is 23.2 Å². The molecular formula is C22H26N6O2. The number of carbonyl (C=O) groups excluding carboxylic acids is 1. The summed E-state index contributed by atoms with van der Waals surface area (Å²) in [4.78, 5) is 21.6. The van der Waals surface area contributed by atoms with E-state index in [1.165, 1.54) is 0 Å². The highest BCUT2D eigenvalue weighted by atomic mass is 16.3. The fourth-order valence-corrected chi connectivity index (χ4v) is 4.32. The van der Waals surface area contributed by atoms with Crippen LogP contribution in [0.4, 0.5) is 11.6 Å². The Hall–Kier alpha value is -3.00. The number of rotatable bonds is 6. The van der Waals surface area contributed by atoms with Crippen molar-refractivity contribution in [1.29, 1.82) is 0 Å². The summed E-state index contributed by atoms with van der Waals surface area (Å²) in [6.07, 6.45) is 11.6. The van der Waals surface area contributed by atoms with Gasteiger partial charge in [0.1, 0.15) is 11.6 Å². The van der Waals surface area contributed by atoms with Gasteiger partial charge >= 0.3 is 0 Å². The van der Waals surface area contributed by atoms with Gasteiger partial charge in [0.15, 0.2) is 5.65 Å². The van der Waals surface area contributed by atoms with Crippen molar-refractivity contribution in [2.24, 2.45) is 5.92 Å². The van der Waals surface area contributed by atoms with Gasteiger partial charge < -0.3 is 15.7 Å². The molecule has 2 unspecified atom stereocenters. The maximum Gasteiger partial charge on any atom is 0.258 e. The van der Waals surface area contributed by atoms with Gasteiger partial charge in [-0.25, -0.2) is 4.98 Å². The first-order valence-corrected chi connectivity index (χ1v) is 10.7. The number of fused-ring (bicyclic) bond motifs is 1. The zero-order chi connectivity index (χ0) is 20.5. The monoisotopic (exact) mass is 406 g/mol. The summed E-state index contributed by atoms with van der Waals surface area (Å²) in [7, 11) is 0. The third-order valence-electron chi connectivity index (χ3n) is 6.16. The average molecular weight is 406 g/mol. The Morgan fingerprint density at radius 1 is 1.20 bits per heavy atom. The molecule has 3 aromatic heterocycles. The molecule has 3 aromatic rings. The maximum atomic E-state index is 12.7. The van der Waals surface area contributed by atoms with E-state index in [0.29, 0.717) is 23.1 Å². The number of pyridine rings is 1. The number of amides is 1. The molecule has 2 atom stereocenters. The Labute approximate surface area is 174 Å². The molecule has 2 saturated carbocycles. The zero-order valence-corrected chi connectivity index (χ0v) is 16.8. The number of hydrogen-bond donors (Lipinski definition) is 3. The molecule has 5 rings (SSSR count). The zero-order valence-electron chi connectivity index (χ0n) is 16.8. The number of aromatic nitrogens is 4. The lowest BCUT2D eigenvalue weighted by molar-refractivity contribution is 0.102. The molecule has 1 amide bonds. The van der Waals surface area contributed by atoms with E-state index in [-0.39, 0.29) is 24.5 Å². The second-order valence-electron chi connectivity index (χ2n) is 8.31. The van der Waals surface area contributed by atoms with Crippen LogP contribution < -0.4 is 10.6 Å². The fraction of sp³-hybridized carbons (Fsp3) is 0.455. The standard InChI is InChI=1S/C22H26N6O2/c29-13-16-4-1-2-6-18(16)25-19-10-20(27-22(30)15-5-3-9-23-11-15)28-21(26-19)17(12-24-28)14-7-8-14/h3,5,9-12,14,16,18,29H,1-2,4,6-8,13H2,(H,25,26)(H,27,30). The molecule has 0 spiro atoms. The average Bonchev–Trinajstić information content (AvgIpc) is 3.53. The third-order valence-corrected chi connectivity index (χ3v) is 6.16. The normalized spacial score (nSPS) is 21.5. The minimum atomic E-state index is -0.240. The lowest BCUT2D eigenvalue weighted by Gasteiger charge is -2.31. The molecule has 2 aliphatic carbocycles. The Balaban J connectivity index is 1.49. The molecule has 8 heteroatoms. The van der Waals surface area contributed by atoms with Gasteiger partial charge in [0.25, 0.3) is 5.91 Å². The van der Waals surface area contributed by atoms with Crippen molar-refractivity contribution in [2.75, 3.05) is 17.2 Å². The van der Waals surface area contributed by atoms with Gasteiger partial charge in [0.2, 0.25) is 0 Å². The summed E-state index contributed by atoms with van der Waals surface area (Å²) in [5, 5.41) is 20.8. The molecule has 156 valence electrons. The molecule has 3 N–H and O–H groups in total. The summed E-state index contributed by atoms with van der Waals surface area (Å²) in [6.45, 7) is 0.171. The van der Waals surface area contributed by atoms with Crippen LogP contribution in [0.5, 0.6) is 0 Å². The Morgan fingerprint density at radius 2 is 2.07 bits per heavy atom. The molecule has 0 aliphatic heterocycles. The number of aliphatic hydroxyl groups excluding tert-OH is 1. The maximum absolute atomic E-state index is 12.7. The van der Waals surface area contributed by atoms with E-state index in [2.05, 4.69) is 20.7 Å². The van der Waals surface area contributed by atoms with Crippen LogP contribution in [-0.2, 0) is 0 Å². The summed E-state index contributed by atoms with van der Waals surface area (Å²) < 4.78 is 1.71. The first-order chi connectivity index (χ1) is 14.7. The van der Waals surface area contributed by atoms with Crippen LogP contribution >= 0.6 is 0 Å². The first-order valence-electron chi connectivity index (χ1n) is 10.7. The minimum Gasteiger partial charge on any atom is -0.396 e. The predicted molar refractivity (Wildman–Crippen MR) is 114 cm³/mol. The number of nitrogens with zero attached hydrogens (tertiary/aromatic N) is 4. The summed E-state index contributed by atoms with van der Waals surface area (Å²) in [5.41, 5.74) is 2.39. The van der Waals surface area contributed by atoms with Crippen molar-refractivity contribution in [3.63, 3.8) is 0 Å². The Morgan fingerprint density at radius 3 is 2.83 bits per heavy atom. The molecule has 2 aliphatic rings. The van der Waals surface area contributed by atoms with E-state index in [4.69, 9.17) is 4.98 Å². The molecule has 0 bridgehead atoms. The van der Waals surface area contributed by atoms with Crippen LogP contribution in [0.1, 0.15) is 60.4 Å².